The second kappa shape index (κ2) is 3.58. The summed E-state index contributed by atoms with van der Waals surface area (Å²) in [4.78, 5) is 3.91. The van der Waals surface area contributed by atoms with Crippen LogP contribution < -0.4 is 0 Å². The lowest BCUT2D eigenvalue weighted by atomic mass is 10.3. The van der Waals surface area contributed by atoms with Gasteiger partial charge in [-0.1, -0.05) is 11.6 Å². The zero-order valence-corrected chi connectivity index (χ0v) is 7.65. The Kier molecular flexibility index (Phi) is 2.27. The standard InChI is InChI=1S/C9H8ClN3/c10-9-6-11-4-2-8(9)7-13-5-1-3-12-13/h1-6H,7H2. The molecule has 2 aromatic rings. The molecule has 66 valence electrons. The van der Waals surface area contributed by atoms with Crippen molar-refractivity contribution in [3.8, 4) is 0 Å². The Morgan fingerprint density at radius 3 is 3.00 bits per heavy atom. The summed E-state index contributed by atoms with van der Waals surface area (Å²) >= 11 is 5.94. The van der Waals surface area contributed by atoms with Crippen molar-refractivity contribution < 1.29 is 0 Å². The van der Waals surface area contributed by atoms with Crippen molar-refractivity contribution >= 4 is 11.6 Å². The summed E-state index contributed by atoms with van der Waals surface area (Å²) in [6, 6.07) is 3.78. The number of rotatable bonds is 2. The van der Waals surface area contributed by atoms with Crippen LogP contribution in [0, 0.1) is 0 Å². The molecule has 2 rings (SSSR count). The molecule has 0 radical (unpaired) electrons. The van der Waals surface area contributed by atoms with Gasteiger partial charge in [-0.05, 0) is 17.7 Å². The second-order valence-electron chi connectivity index (χ2n) is 2.67. The highest BCUT2D eigenvalue weighted by Crippen LogP contribution is 2.13. The number of hydrogen-bond donors (Lipinski definition) is 0. The Bertz CT molecular complexity index is 384. The van der Waals surface area contributed by atoms with Gasteiger partial charge in [0.2, 0.25) is 0 Å². The summed E-state index contributed by atoms with van der Waals surface area (Å²) in [7, 11) is 0. The third-order valence-corrected chi connectivity index (χ3v) is 2.09. The Balaban J connectivity index is 2.24. The topological polar surface area (TPSA) is 30.7 Å². The average Bonchev–Trinajstić information content (AvgIpc) is 2.61. The number of hydrogen-bond acceptors (Lipinski definition) is 2. The zero-order chi connectivity index (χ0) is 9.10. The SMILES string of the molecule is Clc1cnccc1Cn1cccn1. The predicted molar refractivity (Wildman–Crippen MR) is 50.6 cm³/mol. The molecule has 0 bridgehead atoms. The van der Waals surface area contributed by atoms with Gasteiger partial charge in [-0.2, -0.15) is 5.10 Å². The van der Waals surface area contributed by atoms with Crippen LogP contribution >= 0.6 is 11.6 Å². The molecule has 0 saturated carbocycles. The van der Waals surface area contributed by atoms with Gasteiger partial charge in [-0.15, -0.1) is 0 Å². The fourth-order valence-corrected chi connectivity index (χ4v) is 1.28. The van der Waals surface area contributed by atoms with Crippen LogP contribution in [0.3, 0.4) is 0 Å². The van der Waals surface area contributed by atoms with Crippen LogP contribution in [0.4, 0.5) is 0 Å². The Hall–Kier alpha value is -1.35. The maximum atomic E-state index is 5.94. The van der Waals surface area contributed by atoms with Crippen molar-refractivity contribution in [3.63, 3.8) is 0 Å². The summed E-state index contributed by atoms with van der Waals surface area (Å²) in [5.74, 6) is 0. The van der Waals surface area contributed by atoms with Crippen molar-refractivity contribution in [3.05, 3.63) is 47.5 Å². The van der Waals surface area contributed by atoms with Crippen molar-refractivity contribution in [2.24, 2.45) is 0 Å². The van der Waals surface area contributed by atoms with Crippen LogP contribution in [0.1, 0.15) is 5.56 Å². The lowest BCUT2D eigenvalue weighted by Crippen LogP contribution is -2.00. The quantitative estimate of drug-likeness (QED) is 0.730. The highest BCUT2D eigenvalue weighted by Gasteiger charge is 1.99. The van der Waals surface area contributed by atoms with Gasteiger partial charge in [0.15, 0.2) is 0 Å². The first kappa shape index (κ1) is 8.26. The van der Waals surface area contributed by atoms with Crippen molar-refractivity contribution in [1.29, 1.82) is 0 Å². The Morgan fingerprint density at radius 1 is 1.38 bits per heavy atom. The van der Waals surface area contributed by atoms with E-state index in [9.17, 15) is 0 Å². The minimum absolute atomic E-state index is 0.679. The summed E-state index contributed by atoms with van der Waals surface area (Å²) in [6.45, 7) is 0.689. The second-order valence-corrected chi connectivity index (χ2v) is 3.08. The molecule has 0 fully saturated rings. The molecule has 2 heterocycles. The van der Waals surface area contributed by atoms with Crippen molar-refractivity contribution in [2.45, 2.75) is 6.54 Å². The molecule has 0 aromatic carbocycles. The predicted octanol–water partition coefficient (Wildman–Crippen LogP) is 1.98. The Labute approximate surface area is 81.0 Å². The molecule has 0 amide bonds. The van der Waals surface area contributed by atoms with E-state index < -0.39 is 0 Å². The highest BCUT2D eigenvalue weighted by atomic mass is 35.5. The Morgan fingerprint density at radius 2 is 2.31 bits per heavy atom. The van der Waals surface area contributed by atoms with E-state index >= 15 is 0 Å². The average molecular weight is 194 g/mol. The fourth-order valence-electron chi connectivity index (χ4n) is 1.10. The van der Waals surface area contributed by atoms with Gasteiger partial charge in [-0.25, -0.2) is 0 Å². The molecular weight excluding hydrogens is 186 g/mol. The van der Waals surface area contributed by atoms with E-state index in [-0.39, 0.29) is 0 Å². The smallest absolute Gasteiger partial charge is 0.0675 e. The first-order valence-electron chi connectivity index (χ1n) is 3.92. The minimum atomic E-state index is 0.679. The first-order valence-corrected chi connectivity index (χ1v) is 4.30. The van der Waals surface area contributed by atoms with E-state index in [0.717, 1.165) is 5.56 Å². The fraction of sp³-hybridized carbons (Fsp3) is 0.111. The summed E-state index contributed by atoms with van der Waals surface area (Å²) in [6.07, 6.45) is 7.01. The molecule has 2 aromatic heterocycles. The molecular formula is C9H8ClN3. The van der Waals surface area contributed by atoms with Gasteiger partial charge >= 0.3 is 0 Å². The lowest BCUT2D eigenvalue weighted by molar-refractivity contribution is 0.686. The summed E-state index contributed by atoms with van der Waals surface area (Å²) in [5.41, 5.74) is 1.03. The number of halogens is 1. The largest absolute Gasteiger partial charge is 0.268 e. The van der Waals surface area contributed by atoms with E-state index in [2.05, 4.69) is 10.1 Å². The van der Waals surface area contributed by atoms with Gasteiger partial charge in [0, 0.05) is 24.8 Å². The summed E-state index contributed by atoms with van der Waals surface area (Å²) < 4.78 is 1.82. The molecule has 0 atom stereocenters. The van der Waals surface area contributed by atoms with Crippen LogP contribution in [-0.4, -0.2) is 14.8 Å². The number of pyridine rings is 1. The van der Waals surface area contributed by atoms with Crippen LogP contribution in [0.5, 0.6) is 0 Å². The normalized spacial score (nSPS) is 10.2. The maximum Gasteiger partial charge on any atom is 0.0675 e. The van der Waals surface area contributed by atoms with Gasteiger partial charge in [0.05, 0.1) is 11.6 Å². The minimum Gasteiger partial charge on any atom is -0.268 e. The first-order chi connectivity index (χ1) is 6.36. The van der Waals surface area contributed by atoms with E-state index in [1.165, 1.54) is 0 Å². The van der Waals surface area contributed by atoms with Gasteiger partial charge in [-0.3, -0.25) is 9.67 Å². The van der Waals surface area contributed by atoms with Crippen molar-refractivity contribution in [2.75, 3.05) is 0 Å². The third-order valence-electron chi connectivity index (χ3n) is 1.75. The molecule has 0 saturated heterocycles. The van der Waals surface area contributed by atoms with Gasteiger partial charge < -0.3 is 0 Å². The maximum absolute atomic E-state index is 5.94. The number of nitrogens with zero attached hydrogens (tertiary/aromatic N) is 3. The molecule has 0 N–H and O–H groups in total. The van der Waals surface area contributed by atoms with E-state index in [1.807, 2.05) is 23.0 Å². The van der Waals surface area contributed by atoms with E-state index in [1.54, 1.807) is 18.6 Å². The third kappa shape index (κ3) is 1.87. The molecule has 0 aliphatic rings. The lowest BCUT2D eigenvalue weighted by Gasteiger charge is -2.02. The molecule has 0 aliphatic carbocycles. The van der Waals surface area contributed by atoms with E-state index in [0.29, 0.717) is 11.6 Å². The van der Waals surface area contributed by atoms with Gasteiger partial charge in [0.25, 0.3) is 0 Å². The monoisotopic (exact) mass is 193 g/mol. The molecule has 3 nitrogen and oxygen atoms in total. The molecule has 4 heteroatoms. The summed E-state index contributed by atoms with van der Waals surface area (Å²) in [5, 5.41) is 4.77. The van der Waals surface area contributed by atoms with Crippen LogP contribution in [0.25, 0.3) is 0 Å². The van der Waals surface area contributed by atoms with E-state index in [4.69, 9.17) is 11.6 Å². The van der Waals surface area contributed by atoms with Gasteiger partial charge in [0.1, 0.15) is 0 Å². The molecule has 13 heavy (non-hydrogen) atoms. The highest BCUT2D eigenvalue weighted by molar-refractivity contribution is 6.31. The van der Waals surface area contributed by atoms with Crippen LogP contribution in [0.15, 0.2) is 36.9 Å². The van der Waals surface area contributed by atoms with Crippen LogP contribution in [0.2, 0.25) is 5.02 Å². The van der Waals surface area contributed by atoms with Crippen LogP contribution in [-0.2, 0) is 6.54 Å². The molecule has 0 aliphatic heterocycles. The molecule has 0 spiro atoms. The molecule has 0 unspecified atom stereocenters. The zero-order valence-electron chi connectivity index (χ0n) is 6.89. The number of aromatic nitrogens is 3. The van der Waals surface area contributed by atoms with Crippen molar-refractivity contribution in [1.82, 2.24) is 14.8 Å².